The molecule has 1 heterocycles. The number of benzene rings is 3. The molecule has 4 aromatic rings. The topological polar surface area (TPSA) is 114 Å². The largest absolute Gasteiger partial charge is 0.465 e. The van der Waals surface area contributed by atoms with Crippen LogP contribution in [0, 0.1) is 0 Å². The highest BCUT2D eigenvalue weighted by molar-refractivity contribution is 9.10. The van der Waals surface area contributed by atoms with Crippen LogP contribution in [-0.2, 0) is 27.2 Å². The van der Waals surface area contributed by atoms with Crippen molar-refractivity contribution in [1.82, 2.24) is 5.32 Å². The Labute approximate surface area is 284 Å². The smallest absolute Gasteiger partial charge is 0.341 e. The van der Waals surface area contributed by atoms with Crippen LogP contribution < -0.4 is 16.0 Å². The number of carbonyl (C=O) groups excluding carboxylic acids is 4. The molecular weight excluding hydrogens is 686 g/mol. The Morgan fingerprint density at radius 1 is 0.935 bits per heavy atom. The number of hydrogen-bond donors (Lipinski definition) is 3. The molecule has 0 bridgehead atoms. The van der Waals surface area contributed by atoms with E-state index in [0.717, 1.165) is 51.1 Å². The van der Waals surface area contributed by atoms with E-state index in [1.54, 1.807) is 55.5 Å². The lowest BCUT2D eigenvalue weighted by Crippen LogP contribution is -2.30. The normalized spacial score (nSPS) is 13.2. The van der Waals surface area contributed by atoms with Gasteiger partial charge in [-0.15, -0.1) is 23.1 Å². The zero-order valence-electron chi connectivity index (χ0n) is 25.2. The van der Waals surface area contributed by atoms with E-state index in [9.17, 15) is 19.2 Å². The maximum absolute atomic E-state index is 13.5. The maximum Gasteiger partial charge on any atom is 0.341 e. The Balaban J connectivity index is 1.29. The number of carbonyl (C=O) groups is 4. The first kappa shape index (κ1) is 33.2. The summed E-state index contributed by atoms with van der Waals surface area (Å²) in [6.45, 7) is 1.79. The molecule has 3 N–H and O–H groups in total. The van der Waals surface area contributed by atoms with Crippen LogP contribution >= 0.6 is 39.0 Å². The minimum absolute atomic E-state index is 0.0674. The minimum atomic E-state index is -0.507. The Bertz CT molecular complexity index is 1800. The number of nitrogens with one attached hydrogen (secondary N) is 3. The number of thiophene rings is 1. The van der Waals surface area contributed by atoms with Gasteiger partial charge in [0, 0.05) is 25.5 Å². The highest BCUT2D eigenvalue weighted by atomic mass is 79.9. The molecule has 0 saturated heterocycles. The number of hydrogen-bond acceptors (Lipinski definition) is 7. The molecule has 46 heavy (non-hydrogen) atoms. The van der Waals surface area contributed by atoms with Crippen LogP contribution in [0.3, 0.4) is 0 Å². The Morgan fingerprint density at radius 2 is 1.70 bits per heavy atom. The van der Waals surface area contributed by atoms with E-state index in [2.05, 4.69) is 31.9 Å². The van der Waals surface area contributed by atoms with Gasteiger partial charge in [0.15, 0.2) is 0 Å². The van der Waals surface area contributed by atoms with Crippen LogP contribution in [0.4, 0.5) is 10.7 Å². The predicted molar refractivity (Wildman–Crippen MR) is 187 cm³/mol. The van der Waals surface area contributed by atoms with Gasteiger partial charge < -0.3 is 20.7 Å². The molecule has 5 rings (SSSR count). The molecule has 11 heteroatoms. The highest BCUT2D eigenvalue weighted by Crippen LogP contribution is 2.39. The SMILES string of the molecule is COC(=O)c1c(NC(=O)C(C)Sc2cccc(NC(=O)/C(=C\c3cccc(Br)c3)NC(=O)c3ccccc3)c2)sc2c1CCCC2. The molecule has 0 aliphatic heterocycles. The van der Waals surface area contributed by atoms with Gasteiger partial charge in [-0.3, -0.25) is 14.4 Å². The Hall–Kier alpha value is -4.19. The molecule has 1 aliphatic rings. The summed E-state index contributed by atoms with van der Waals surface area (Å²) in [5, 5.41) is 8.60. The first-order valence-corrected chi connectivity index (χ1v) is 17.2. The Kier molecular flexibility index (Phi) is 11.1. The standard InChI is InChI=1S/C35H32BrN3O5S2/c1-21(31(40)39-34-30(35(43)44-2)27-16-6-7-17-29(27)46-34)45-26-15-9-14-25(20-26)37-33(42)28(19-22-10-8-13-24(36)18-22)38-32(41)23-11-4-3-5-12-23/h3-5,8-15,18-21H,6-7,16-17H2,1-2H3,(H,37,42)(H,38,41)(H,39,40)/b28-19+. The number of anilines is 2. The third-order valence-corrected chi connectivity index (χ3v) is 10.1. The second-order valence-corrected chi connectivity index (χ2v) is 14.0. The van der Waals surface area contributed by atoms with Crippen molar-refractivity contribution >= 4 is 79.5 Å². The average molecular weight is 719 g/mol. The van der Waals surface area contributed by atoms with Crippen molar-refractivity contribution in [2.45, 2.75) is 42.8 Å². The predicted octanol–water partition coefficient (Wildman–Crippen LogP) is 7.70. The fourth-order valence-corrected chi connectivity index (χ4v) is 7.62. The second kappa shape index (κ2) is 15.4. The van der Waals surface area contributed by atoms with Gasteiger partial charge in [0.25, 0.3) is 11.8 Å². The van der Waals surface area contributed by atoms with Gasteiger partial charge in [0.05, 0.1) is 17.9 Å². The van der Waals surface area contributed by atoms with E-state index in [4.69, 9.17) is 4.74 Å². The number of rotatable bonds is 10. The van der Waals surface area contributed by atoms with Crippen LogP contribution in [0.15, 0.2) is 93.9 Å². The summed E-state index contributed by atoms with van der Waals surface area (Å²) in [4.78, 5) is 54.2. The van der Waals surface area contributed by atoms with Gasteiger partial charge in [0.1, 0.15) is 10.7 Å². The van der Waals surface area contributed by atoms with Crippen molar-refractivity contribution in [3.05, 3.63) is 116 Å². The third-order valence-electron chi connectivity index (χ3n) is 7.26. The first-order chi connectivity index (χ1) is 22.2. The number of halogens is 1. The fourth-order valence-electron chi connectivity index (χ4n) is 4.99. The summed E-state index contributed by atoms with van der Waals surface area (Å²) in [6, 6.07) is 23.2. The van der Waals surface area contributed by atoms with Crippen molar-refractivity contribution in [2.24, 2.45) is 0 Å². The lowest BCUT2D eigenvalue weighted by Gasteiger charge is -2.14. The fraction of sp³-hybridized carbons (Fsp3) is 0.200. The number of thioether (sulfide) groups is 1. The highest BCUT2D eigenvalue weighted by Gasteiger charge is 2.28. The molecule has 3 amide bonds. The molecule has 8 nitrogen and oxygen atoms in total. The molecule has 236 valence electrons. The van der Waals surface area contributed by atoms with Gasteiger partial charge in [-0.05, 0) is 92.3 Å². The molecule has 1 atom stereocenters. The molecule has 0 fully saturated rings. The molecule has 1 aliphatic carbocycles. The lowest BCUT2D eigenvalue weighted by atomic mass is 9.95. The first-order valence-electron chi connectivity index (χ1n) is 14.7. The number of ether oxygens (including phenoxy) is 1. The van der Waals surface area contributed by atoms with E-state index in [1.807, 2.05) is 36.4 Å². The summed E-state index contributed by atoms with van der Waals surface area (Å²) in [7, 11) is 1.35. The van der Waals surface area contributed by atoms with E-state index in [0.29, 0.717) is 21.8 Å². The lowest BCUT2D eigenvalue weighted by molar-refractivity contribution is -0.115. The third kappa shape index (κ3) is 8.34. The summed E-state index contributed by atoms with van der Waals surface area (Å²) in [5.41, 5.74) is 3.15. The Morgan fingerprint density at radius 3 is 2.46 bits per heavy atom. The monoisotopic (exact) mass is 717 g/mol. The number of amides is 3. The summed E-state index contributed by atoms with van der Waals surface area (Å²) >= 11 is 6.21. The maximum atomic E-state index is 13.5. The molecule has 1 aromatic heterocycles. The van der Waals surface area contributed by atoms with Gasteiger partial charge in [-0.25, -0.2) is 4.79 Å². The van der Waals surface area contributed by atoms with Crippen molar-refractivity contribution in [1.29, 1.82) is 0 Å². The molecule has 0 spiro atoms. The molecule has 1 unspecified atom stereocenters. The number of esters is 1. The van der Waals surface area contributed by atoms with Crippen molar-refractivity contribution in [2.75, 3.05) is 17.7 Å². The van der Waals surface area contributed by atoms with E-state index in [1.165, 1.54) is 30.2 Å². The molecule has 0 radical (unpaired) electrons. The van der Waals surface area contributed by atoms with E-state index in [-0.39, 0.29) is 11.6 Å². The van der Waals surface area contributed by atoms with Gasteiger partial charge >= 0.3 is 5.97 Å². The second-order valence-electron chi connectivity index (χ2n) is 10.6. The van der Waals surface area contributed by atoms with Crippen LogP contribution in [0.1, 0.15) is 56.5 Å². The van der Waals surface area contributed by atoms with Crippen LogP contribution in [0.25, 0.3) is 6.08 Å². The van der Waals surface area contributed by atoms with Gasteiger partial charge in [-0.2, -0.15) is 0 Å². The van der Waals surface area contributed by atoms with Crippen LogP contribution in [0.2, 0.25) is 0 Å². The number of methoxy groups -OCH3 is 1. The summed E-state index contributed by atoms with van der Waals surface area (Å²) < 4.78 is 5.86. The molecular formula is C35H32BrN3O5S2. The number of aryl methyl sites for hydroxylation is 1. The number of fused-ring (bicyclic) bond motifs is 1. The zero-order valence-corrected chi connectivity index (χ0v) is 28.4. The van der Waals surface area contributed by atoms with Crippen LogP contribution in [-0.4, -0.2) is 36.1 Å². The van der Waals surface area contributed by atoms with E-state index < -0.39 is 23.0 Å². The molecule has 3 aromatic carbocycles. The van der Waals surface area contributed by atoms with E-state index >= 15 is 0 Å². The van der Waals surface area contributed by atoms with Crippen molar-refractivity contribution in [3.8, 4) is 0 Å². The summed E-state index contributed by atoms with van der Waals surface area (Å²) in [5.74, 6) is -1.60. The molecule has 0 saturated carbocycles. The summed E-state index contributed by atoms with van der Waals surface area (Å²) in [6.07, 6.45) is 5.35. The minimum Gasteiger partial charge on any atom is -0.465 e. The zero-order chi connectivity index (χ0) is 32.6. The van der Waals surface area contributed by atoms with Gasteiger partial charge in [0.2, 0.25) is 5.91 Å². The van der Waals surface area contributed by atoms with Crippen molar-refractivity contribution in [3.63, 3.8) is 0 Å². The van der Waals surface area contributed by atoms with Crippen molar-refractivity contribution < 1.29 is 23.9 Å². The van der Waals surface area contributed by atoms with Gasteiger partial charge in [-0.1, -0.05) is 52.3 Å². The average Bonchev–Trinajstić information content (AvgIpc) is 3.42. The quantitative estimate of drug-likeness (QED) is 0.0880. The van der Waals surface area contributed by atoms with Crippen LogP contribution in [0.5, 0.6) is 0 Å².